The van der Waals surface area contributed by atoms with Crippen molar-refractivity contribution in [2.75, 3.05) is 16.8 Å². The number of amides is 1. The van der Waals surface area contributed by atoms with Gasteiger partial charge in [-0.25, -0.2) is 4.98 Å². The van der Waals surface area contributed by atoms with E-state index in [2.05, 4.69) is 43.2 Å². The molecule has 23 heavy (non-hydrogen) atoms. The van der Waals surface area contributed by atoms with E-state index in [9.17, 15) is 4.79 Å². The standard InChI is InChI=1S/C17H19N3OS2/c1-10-7-12(3)14(8-11(10)2)16-13(4)23-17(20-16)19-15(21)9-22-6-5-18/h7-8H,6,9H2,1-4H3,(H,19,20,21). The fourth-order valence-electron chi connectivity index (χ4n) is 2.26. The van der Waals surface area contributed by atoms with Crippen LogP contribution in [0.2, 0.25) is 0 Å². The van der Waals surface area contributed by atoms with Crippen LogP contribution in [0.5, 0.6) is 0 Å². The minimum atomic E-state index is -0.123. The number of nitriles is 1. The quantitative estimate of drug-likeness (QED) is 0.823. The van der Waals surface area contributed by atoms with Gasteiger partial charge in [0.15, 0.2) is 5.13 Å². The van der Waals surface area contributed by atoms with Crippen LogP contribution in [0.4, 0.5) is 5.13 Å². The molecule has 0 saturated heterocycles. The average Bonchev–Trinajstić information content (AvgIpc) is 2.83. The predicted molar refractivity (Wildman–Crippen MR) is 98.1 cm³/mol. The summed E-state index contributed by atoms with van der Waals surface area (Å²) in [6, 6.07) is 6.33. The number of aromatic nitrogens is 1. The van der Waals surface area contributed by atoms with Crippen molar-refractivity contribution in [1.82, 2.24) is 4.98 Å². The Labute approximate surface area is 144 Å². The second-order valence-electron chi connectivity index (χ2n) is 5.37. The van der Waals surface area contributed by atoms with Gasteiger partial charge in [0.2, 0.25) is 5.91 Å². The summed E-state index contributed by atoms with van der Waals surface area (Å²) in [5, 5.41) is 11.9. The molecule has 0 spiro atoms. The molecule has 0 bridgehead atoms. The lowest BCUT2D eigenvalue weighted by Gasteiger charge is -2.08. The SMILES string of the molecule is Cc1cc(C)c(-c2nc(NC(=O)CSCC#N)sc2C)cc1C. The summed E-state index contributed by atoms with van der Waals surface area (Å²) in [6.45, 7) is 8.29. The average molecular weight is 345 g/mol. The molecule has 1 aromatic heterocycles. The van der Waals surface area contributed by atoms with E-state index in [4.69, 9.17) is 5.26 Å². The van der Waals surface area contributed by atoms with Gasteiger partial charge < -0.3 is 5.32 Å². The number of carbonyl (C=O) groups excluding carboxylic acids is 1. The van der Waals surface area contributed by atoms with Crippen LogP contribution in [0.3, 0.4) is 0 Å². The maximum absolute atomic E-state index is 11.8. The molecule has 0 aliphatic rings. The fraction of sp³-hybridized carbons (Fsp3) is 0.353. The molecule has 1 amide bonds. The van der Waals surface area contributed by atoms with Crippen molar-refractivity contribution in [3.8, 4) is 17.3 Å². The van der Waals surface area contributed by atoms with Gasteiger partial charge in [-0.2, -0.15) is 5.26 Å². The normalized spacial score (nSPS) is 10.4. The maximum atomic E-state index is 11.8. The van der Waals surface area contributed by atoms with E-state index in [1.165, 1.54) is 39.8 Å². The number of rotatable bonds is 5. The van der Waals surface area contributed by atoms with E-state index in [1.54, 1.807) is 0 Å². The lowest BCUT2D eigenvalue weighted by Crippen LogP contribution is -2.14. The molecule has 0 fully saturated rings. The smallest absolute Gasteiger partial charge is 0.236 e. The van der Waals surface area contributed by atoms with Crippen LogP contribution in [0.25, 0.3) is 11.3 Å². The third-order valence-corrected chi connectivity index (χ3v) is 5.22. The second kappa shape index (κ2) is 7.62. The Bertz CT molecular complexity index is 775. The molecule has 1 heterocycles. The molecule has 0 unspecified atom stereocenters. The zero-order valence-electron chi connectivity index (χ0n) is 13.7. The van der Waals surface area contributed by atoms with Crippen LogP contribution in [-0.4, -0.2) is 22.4 Å². The number of carbonyl (C=O) groups is 1. The van der Waals surface area contributed by atoms with Crippen molar-refractivity contribution in [3.63, 3.8) is 0 Å². The highest BCUT2D eigenvalue weighted by atomic mass is 32.2. The van der Waals surface area contributed by atoms with E-state index in [0.29, 0.717) is 10.9 Å². The minimum absolute atomic E-state index is 0.123. The van der Waals surface area contributed by atoms with Crippen molar-refractivity contribution >= 4 is 34.1 Å². The zero-order valence-corrected chi connectivity index (χ0v) is 15.3. The van der Waals surface area contributed by atoms with E-state index < -0.39 is 0 Å². The van der Waals surface area contributed by atoms with Crippen LogP contribution in [0, 0.1) is 39.0 Å². The first-order valence-corrected chi connectivity index (χ1v) is 9.19. The second-order valence-corrected chi connectivity index (χ2v) is 7.56. The molecule has 1 aromatic carbocycles. The van der Waals surface area contributed by atoms with Crippen molar-refractivity contribution in [2.24, 2.45) is 0 Å². The molecule has 120 valence electrons. The first-order chi connectivity index (χ1) is 10.9. The van der Waals surface area contributed by atoms with Gasteiger partial charge in [-0.3, -0.25) is 4.79 Å². The predicted octanol–water partition coefficient (Wildman–Crippen LogP) is 4.24. The highest BCUT2D eigenvalue weighted by Crippen LogP contribution is 2.33. The molecular formula is C17H19N3OS2. The third kappa shape index (κ3) is 4.34. The number of nitrogens with one attached hydrogen (secondary N) is 1. The molecule has 2 rings (SSSR count). The number of hydrogen-bond donors (Lipinski definition) is 1. The van der Waals surface area contributed by atoms with Crippen molar-refractivity contribution in [2.45, 2.75) is 27.7 Å². The first kappa shape index (κ1) is 17.5. The molecule has 0 aliphatic heterocycles. The van der Waals surface area contributed by atoms with E-state index >= 15 is 0 Å². The Morgan fingerprint density at radius 2 is 1.96 bits per heavy atom. The van der Waals surface area contributed by atoms with Gasteiger partial charge in [0.25, 0.3) is 0 Å². The van der Waals surface area contributed by atoms with Crippen molar-refractivity contribution < 1.29 is 4.79 Å². The monoisotopic (exact) mass is 345 g/mol. The van der Waals surface area contributed by atoms with Gasteiger partial charge in [-0.15, -0.1) is 23.1 Å². The van der Waals surface area contributed by atoms with Crippen LogP contribution in [-0.2, 0) is 4.79 Å². The van der Waals surface area contributed by atoms with Gasteiger partial charge in [0, 0.05) is 10.4 Å². The molecule has 0 aliphatic carbocycles. The van der Waals surface area contributed by atoms with Gasteiger partial charge >= 0.3 is 0 Å². The number of nitrogens with zero attached hydrogens (tertiary/aromatic N) is 2. The minimum Gasteiger partial charge on any atom is -0.301 e. The fourth-order valence-corrected chi connectivity index (χ4v) is 3.56. The first-order valence-electron chi connectivity index (χ1n) is 7.22. The van der Waals surface area contributed by atoms with Crippen LogP contribution in [0.1, 0.15) is 21.6 Å². The van der Waals surface area contributed by atoms with E-state index in [0.717, 1.165) is 16.1 Å². The summed E-state index contributed by atoms with van der Waals surface area (Å²) in [7, 11) is 0. The number of anilines is 1. The van der Waals surface area contributed by atoms with Gasteiger partial charge in [0.1, 0.15) is 0 Å². The summed E-state index contributed by atoms with van der Waals surface area (Å²) in [6.07, 6.45) is 0. The third-order valence-electron chi connectivity index (χ3n) is 3.54. The Kier molecular flexibility index (Phi) is 5.80. The molecule has 0 saturated carbocycles. The summed E-state index contributed by atoms with van der Waals surface area (Å²) in [5.74, 6) is 0.462. The van der Waals surface area contributed by atoms with Crippen molar-refractivity contribution in [1.29, 1.82) is 5.26 Å². The van der Waals surface area contributed by atoms with Crippen LogP contribution >= 0.6 is 23.1 Å². The number of aryl methyl sites for hydroxylation is 4. The molecule has 2 aromatic rings. The van der Waals surface area contributed by atoms with Gasteiger partial charge in [-0.1, -0.05) is 6.07 Å². The zero-order chi connectivity index (χ0) is 17.0. The largest absolute Gasteiger partial charge is 0.301 e. The summed E-state index contributed by atoms with van der Waals surface area (Å²) in [4.78, 5) is 17.5. The Morgan fingerprint density at radius 1 is 1.26 bits per heavy atom. The topological polar surface area (TPSA) is 65.8 Å². The molecule has 4 nitrogen and oxygen atoms in total. The number of thioether (sulfide) groups is 1. The molecule has 0 radical (unpaired) electrons. The summed E-state index contributed by atoms with van der Waals surface area (Å²) < 4.78 is 0. The Hall–Kier alpha value is -1.84. The Morgan fingerprint density at radius 3 is 2.65 bits per heavy atom. The van der Waals surface area contributed by atoms with Crippen molar-refractivity contribution in [3.05, 3.63) is 33.7 Å². The molecular weight excluding hydrogens is 326 g/mol. The van der Waals surface area contributed by atoms with E-state index in [-0.39, 0.29) is 11.7 Å². The highest BCUT2D eigenvalue weighted by Gasteiger charge is 2.14. The Balaban J connectivity index is 2.20. The lowest BCUT2D eigenvalue weighted by atomic mass is 9.98. The number of hydrogen-bond acceptors (Lipinski definition) is 5. The van der Waals surface area contributed by atoms with Gasteiger partial charge in [-0.05, 0) is 50.5 Å². The van der Waals surface area contributed by atoms with Crippen LogP contribution < -0.4 is 5.32 Å². The molecule has 0 atom stereocenters. The number of benzene rings is 1. The number of thiazole rings is 1. The van der Waals surface area contributed by atoms with Crippen LogP contribution in [0.15, 0.2) is 12.1 Å². The highest BCUT2D eigenvalue weighted by molar-refractivity contribution is 8.00. The maximum Gasteiger partial charge on any atom is 0.236 e. The molecule has 1 N–H and O–H groups in total. The van der Waals surface area contributed by atoms with Gasteiger partial charge in [0.05, 0.1) is 23.3 Å². The van der Waals surface area contributed by atoms with E-state index in [1.807, 2.05) is 13.0 Å². The molecule has 6 heteroatoms. The summed E-state index contributed by atoms with van der Waals surface area (Å²) >= 11 is 2.78. The lowest BCUT2D eigenvalue weighted by molar-refractivity contribution is -0.113. The summed E-state index contributed by atoms with van der Waals surface area (Å²) in [5.41, 5.74) is 5.72.